The molecule has 9 aromatic rings. The molecular weight excluding hydrogens is 800 g/mol. The summed E-state index contributed by atoms with van der Waals surface area (Å²) in [5, 5.41) is 0. The third-order valence-corrected chi connectivity index (χ3v) is 13.2. The van der Waals surface area contributed by atoms with Gasteiger partial charge in [-0.05, 0) is 161 Å². The van der Waals surface area contributed by atoms with Crippen LogP contribution in [0.2, 0.25) is 0 Å². The lowest BCUT2D eigenvalue weighted by molar-refractivity contribution is 0.390. The maximum Gasteiger partial charge on any atom is 0.530 e. The van der Waals surface area contributed by atoms with Crippen molar-refractivity contribution in [2.24, 2.45) is 0 Å². The highest BCUT2D eigenvalue weighted by Crippen LogP contribution is 2.51. The lowest BCUT2D eigenvalue weighted by atomic mass is 9.94. The van der Waals surface area contributed by atoms with Crippen LogP contribution in [0, 0.1) is 41.5 Å². The summed E-state index contributed by atoms with van der Waals surface area (Å²) >= 11 is 0. The molecular formula is C60H51O3P. The zero-order valence-electron chi connectivity index (χ0n) is 37.2. The van der Waals surface area contributed by atoms with E-state index in [2.05, 4.69) is 242 Å². The average molecular weight is 851 g/mol. The first-order chi connectivity index (χ1) is 31.2. The Hall–Kier alpha value is -7.19. The van der Waals surface area contributed by atoms with Gasteiger partial charge in [0.25, 0.3) is 0 Å². The van der Waals surface area contributed by atoms with E-state index in [-0.39, 0.29) is 0 Å². The SMILES string of the molecule is Cc1ccccc1-c1ccc(OP(Oc2ccc(-c3ccccc3C)cc2-c2ccccc2C)Oc2ccc(-c3ccccc3C)cc2-c2ccccc2C)c(-c2ccccc2C)c1. The van der Waals surface area contributed by atoms with Crippen molar-refractivity contribution < 1.29 is 13.6 Å². The monoisotopic (exact) mass is 850 g/mol. The molecule has 0 unspecified atom stereocenters. The molecule has 0 heterocycles. The number of aryl methyl sites for hydroxylation is 6. The second-order valence-corrected chi connectivity index (χ2v) is 17.5. The van der Waals surface area contributed by atoms with E-state index in [1.54, 1.807) is 0 Å². The van der Waals surface area contributed by atoms with Crippen LogP contribution < -0.4 is 13.6 Å². The Morgan fingerprint density at radius 3 is 0.688 bits per heavy atom. The lowest BCUT2D eigenvalue weighted by Gasteiger charge is -2.24. The minimum absolute atomic E-state index is 0.667. The van der Waals surface area contributed by atoms with Crippen LogP contribution in [-0.4, -0.2) is 0 Å². The fourth-order valence-electron chi connectivity index (χ4n) is 8.58. The van der Waals surface area contributed by atoms with E-state index >= 15 is 0 Å². The molecule has 0 radical (unpaired) electrons. The van der Waals surface area contributed by atoms with Gasteiger partial charge in [0.05, 0.1) is 0 Å². The smallest absolute Gasteiger partial charge is 0.408 e. The van der Waals surface area contributed by atoms with Crippen LogP contribution in [0.25, 0.3) is 66.8 Å². The molecule has 0 saturated heterocycles. The molecule has 0 spiro atoms. The third kappa shape index (κ3) is 8.86. The summed E-state index contributed by atoms with van der Waals surface area (Å²) in [5.74, 6) is 2.00. The molecule has 0 atom stereocenters. The highest BCUT2D eigenvalue weighted by molar-refractivity contribution is 7.43. The van der Waals surface area contributed by atoms with E-state index in [0.717, 1.165) is 66.8 Å². The molecule has 0 N–H and O–H groups in total. The van der Waals surface area contributed by atoms with E-state index in [1.165, 1.54) is 33.4 Å². The summed E-state index contributed by atoms with van der Waals surface area (Å²) in [7, 11) is -2.15. The van der Waals surface area contributed by atoms with Gasteiger partial charge in [-0.1, -0.05) is 164 Å². The second-order valence-electron chi connectivity index (χ2n) is 16.5. The summed E-state index contributed by atoms with van der Waals surface area (Å²) in [5.41, 5.74) is 20.0. The zero-order chi connectivity index (χ0) is 44.2. The second kappa shape index (κ2) is 18.7. The van der Waals surface area contributed by atoms with Crippen LogP contribution in [-0.2, 0) is 0 Å². The summed E-state index contributed by atoms with van der Waals surface area (Å²) < 4.78 is 21.6. The van der Waals surface area contributed by atoms with Crippen molar-refractivity contribution in [3.63, 3.8) is 0 Å². The Morgan fingerprint density at radius 1 is 0.234 bits per heavy atom. The Kier molecular flexibility index (Phi) is 12.3. The Labute approximate surface area is 379 Å². The quantitative estimate of drug-likeness (QED) is 0.115. The van der Waals surface area contributed by atoms with Crippen molar-refractivity contribution in [1.82, 2.24) is 0 Å². The lowest BCUT2D eigenvalue weighted by Crippen LogP contribution is -2.05. The summed E-state index contributed by atoms with van der Waals surface area (Å²) in [6, 6.07) is 70.2. The van der Waals surface area contributed by atoms with Gasteiger partial charge in [-0.3, -0.25) is 0 Å². The van der Waals surface area contributed by atoms with E-state index in [4.69, 9.17) is 13.6 Å². The van der Waals surface area contributed by atoms with Gasteiger partial charge in [0.15, 0.2) is 0 Å². The molecule has 0 aliphatic rings. The van der Waals surface area contributed by atoms with Crippen LogP contribution in [0.3, 0.4) is 0 Å². The molecule has 64 heavy (non-hydrogen) atoms. The van der Waals surface area contributed by atoms with Crippen LogP contribution in [0.5, 0.6) is 17.2 Å². The van der Waals surface area contributed by atoms with Gasteiger partial charge in [0, 0.05) is 16.7 Å². The van der Waals surface area contributed by atoms with Crippen LogP contribution in [0.4, 0.5) is 0 Å². The highest BCUT2D eigenvalue weighted by atomic mass is 31.2. The van der Waals surface area contributed by atoms with Crippen molar-refractivity contribution in [3.8, 4) is 84.0 Å². The summed E-state index contributed by atoms with van der Waals surface area (Å²) in [4.78, 5) is 0. The topological polar surface area (TPSA) is 27.7 Å². The van der Waals surface area contributed by atoms with Gasteiger partial charge in [-0.25, -0.2) is 0 Å². The third-order valence-electron chi connectivity index (χ3n) is 12.1. The maximum atomic E-state index is 7.21. The van der Waals surface area contributed by atoms with Crippen LogP contribution in [0.1, 0.15) is 33.4 Å². The number of hydrogen-bond acceptors (Lipinski definition) is 3. The predicted molar refractivity (Wildman–Crippen MR) is 269 cm³/mol. The van der Waals surface area contributed by atoms with E-state index in [0.29, 0.717) is 17.2 Å². The van der Waals surface area contributed by atoms with E-state index < -0.39 is 8.60 Å². The van der Waals surface area contributed by atoms with Gasteiger partial charge in [0.1, 0.15) is 17.2 Å². The van der Waals surface area contributed by atoms with Gasteiger partial charge in [-0.2, -0.15) is 0 Å². The van der Waals surface area contributed by atoms with Crippen molar-refractivity contribution in [1.29, 1.82) is 0 Å². The van der Waals surface area contributed by atoms with E-state index in [1.807, 2.05) is 0 Å². The first kappa shape index (κ1) is 42.1. The zero-order valence-corrected chi connectivity index (χ0v) is 38.1. The first-order valence-electron chi connectivity index (χ1n) is 21.8. The Balaban J connectivity index is 1.22. The van der Waals surface area contributed by atoms with Crippen molar-refractivity contribution >= 4 is 8.60 Å². The predicted octanol–water partition coefficient (Wildman–Crippen LogP) is 17.3. The van der Waals surface area contributed by atoms with Gasteiger partial charge in [0.2, 0.25) is 0 Å². The molecule has 0 saturated carbocycles. The molecule has 0 amide bonds. The Morgan fingerprint density at radius 2 is 0.453 bits per heavy atom. The molecule has 0 aliphatic carbocycles. The van der Waals surface area contributed by atoms with Crippen molar-refractivity contribution in [2.75, 3.05) is 0 Å². The molecule has 314 valence electrons. The molecule has 9 rings (SSSR count). The normalized spacial score (nSPS) is 11.1. The number of hydrogen-bond donors (Lipinski definition) is 0. The maximum absolute atomic E-state index is 7.21. The van der Waals surface area contributed by atoms with Gasteiger partial charge < -0.3 is 13.6 Å². The molecule has 0 bridgehead atoms. The van der Waals surface area contributed by atoms with Gasteiger partial charge in [-0.15, -0.1) is 0 Å². The highest BCUT2D eigenvalue weighted by Gasteiger charge is 2.27. The fourth-order valence-corrected chi connectivity index (χ4v) is 9.65. The summed E-state index contributed by atoms with van der Waals surface area (Å²) in [6.45, 7) is 12.9. The van der Waals surface area contributed by atoms with Crippen molar-refractivity contribution in [2.45, 2.75) is 41.5 Å². The first-order valence-corrected chi connectivity index (χ1v) is 22.9. The molecule has 3 nitrogen and oxygen atoms in total. The minimum atomic E-state index is -2.15. The molecule has 0 aliphatic heterocycles. The minimum Gasteiger partial charge on any atom is -0.408 e. The number of benzene rings is 9. The Bertz CT molecular complexity index is 2790. The van der Waals surface area contributed by atoms with Crippen LogP contribution >= 0.6 is 8.60 Å². The summed E-state index contributed by atoms with van der Waals surface area (Å²) in [6.07, 6.45) is 0. The fraction of sp³-hybridized carbons (Fsp3) is 0.100. The van der Waals surface area contributed by atoms with Crippen molar-refractivity contribution in [3.05, 3.63) is 234 Å². The average Bonchev–Trinajstić information content (AvgIpc) is 3.31. The largest absolute Gasteiger partial charge is 0.530 e. The van der Waals surface area contributed by atoms with Gasteiger partial charge >= 0.3 is 8.60 Å². The standard InChI is InChI=1S/C60H51O3P/c1-40-19-7-13-25-49(40)46-31-34-58(55(37-46)52-28-16-10-22-43(52)4)61-64(62-59-35-32-47(50-26-14-8-20-41(50)2)38-56(59)53-29-17-11-23-44(53)5)63-60-36-33-48(51-27-15-9-21-42(51)3)39-57(60)54-30-18-12-24-45(54)6/h7-39H,1-6H3. The molecule has 4 heteroatoms. The molecule has 0 aromatic heterocycles. The molecule has 0 fully saturated rings. The van der Waals surface area contributed by atoms with Crippen LogP contribution in [0.15, 0.2) is 200 Å². The van der Waals surface area contributed by atoms with E-state index in [9.17, 15) is 0 Å². The number of rotatable bonds is 12. The molecule has 9 aromatic carbocycles.